The molecule has 3 aliphatic rings. The lowest BCUT2D eigenvalue weighted by Gasteiger charge is -2.47. The molecule has 1 aliphatic carbocycles. The normalized spacial score (nSPS) is 26.1. The van der Waals surface area contributed by atoms with E-state index in [0.29, 0.717) is 45.3 Å². The molecule has 3 heterocycles. The SMILES string of the molecule is CN(C)C(=O)C1Cn2ccnc2C2(CCN(C(=O)C3(F)CCC3)CC2)O1. The number of alkyl halides is 1. The fourth-order valence-corrected chi connectivity index (χ4v) is 4.21. The van der Waals surface area contributed by atoms with Crippen molar-refractivity contribution in [2.45, 2.75) is 56.0 Å². The molecule has 1 spiro atoms. The summed E-state index contributed by atoms with van der Waals surface area (Å²) in [5, 5.41) is 0. The van der Waals surface area contributed by atoms with Crippen molar-refractivity contribution < 1.29 is 18.7 Å². The van der Waals surface area contributed by atoms with Gasteiger partial charge in [0.25, 0.3) is 11.8 Å². The van der Waals surface area contributed by atoms with E-state index in [1.807, 2.05) is 10.8 Å². The highest BCUT2D eigenvalue weighted by Gasteiger charge is 2.51. The van der Waals surface area contributed by atoms with E-state index in [4.69, 9.17) is 4.74 Å². The molecule has 1 aromatic heterocycles. The van der Waals surface area contributed by atoms with Gasteiger partial charge in [-0.2, -0.15) is 0 Å². The standard InChI is InChI=1S/C18H25FN4O3/c1-21(2)14(24)13-12-23-11-8-20-15(23)18(26-13)6-9-22(10-7-18)16(25)17(19)4-3-5-17/h8,11,13H,3-7,9-10,12H2,1-2H3. The summed E-state index contributed by atoms with van der Waals surface area (Å²) in [6, 6.07) is 0. The molecule has 1 atom stereocenters. The van der Waals surface area contributed by atoms with Crippen molar-refractivity contribution in [1.82, 2.24) is 19.4 Å². The van der Waals surface area contributed by atoms with Gasteiger partial charge in [-0.05, 0) is 19.3 Å². The minimum atomic E-state index is -1.67. The van der Waals surface area contributed by atoms with Crippen LogP contribution in [0.2, 0.25) is 0 Å². The smallest absolute Gasteiger partial charge is 0.260 e. The molecule has 142 valence electrons. The molecule has 2 fully saturated rings. The Balaban J connectivity index is 1.53. The molecule has 1 saturated carbocycles. The molecule has 0 bridgehead atoms. The second kappa shape index (κ2) is 6.04. The van der Waals surface area contributed by atoms with Gasteiger partial charge in [0.05, 0.1) is 6.54 Å². The van der Waals surface area contributed by atoms with Gasteiger partial charge in [-0.3, -0.25) is 9.59 Å². The number of ether oxygens (including phenoxy) is 1. The molecule has 0 N–H and O–H groups in total. The molecule has 1 unspecified atom stereocenters. The summed E-state index contributed by atoms with van der Waals surface area (Å²) in [7, 11) is 3.42. The first-order valence-corrected chi connectivity index (χ1v) is 9.24. The van der Waals surface area contributed by atoms with Gasteiger partial charge in [0.15, 0.2) is 11.8 Å². The van der Waals surface area contributed by atoms with Gasteiger partial charge >= 0.3 is 0 Å². The van der Waals surface area contributed by atoms with E-state index in [2.05, 4.69) is 4.98 Å². The van der Waals surface area contributed by atoms with Crippen LogP contribution in [0, 0.1) is 0 Å². The van der Waals surface area contributed by atoms with Crippen LogP contribution in [0.25, 0.3) is 0 Å². The van der Waals surface area contributed by atoms with Crippen LogP contribution >= 0.6 is 0 Å². The van der Waals surface area contributed by atoms with E-state index in [0.717, 1.165) is 12.2 Å². The molecular weight excluding hydrogens is 339 g/mol. The van der Waals surface area contributed by atoms with E-state index in [9.17, 15) is 14.0 Å². The lowest BCUT2D eigenvalue weighted by Crippen LogP contribution is -2.57. The zero-order chi connectivity index (χ0) is 18.5. The molecule has 2 aliphatic heterocycles. The maximum Gasteiger partial charge on any atom is 0.260 e. The van der Waals surface area contributed by atoms with E-state index >= 15 is 0 Å². The monoisotopic (exact) mass is 364 g/mol. The van der Waals surface area contributed by atoms with Gasteiger partial charge in [0.2, 0.25) is 0 Å². The number of carbonyl (C=O) groups excluding carboxylic acids is 2. The van der Waals surface area contributed by atoms with Gasteiger partial charge < -0.3 is 19.1 Å². The Labute approximate surface area is 152 Å². The Bertz CT molecular complexity index is 720. The van der Waals surface area contributed by atoms with Crippen molar-refractivity contribution in [2.24, 2.45) is 0 Å². The number of likely N-dealkylation sites (N-methyl/N-ethyl adjacent to an activating group) is 1. The highest BCUT2D eigenvalue weighted by Crippen LogP contribution is 2.43. The topological polar surface area (TPSA) is 67.7 Å². The predicted molar refractivity (Wildman–Crippen MR) is 91.0 cm³/mol. The molecule has 0 aromatic carbocycles. The largest absolute Gasteiger partial charge is 0.352 e. The number of carbonyl (C=O) groups is 2. The third kappa shape index (κ3) is 2.62. The number of aromatic nitrogens is 2. The zero-order valence-corrected chi connectivity index (χ0v) is 15.3. The van der Waals surface area contributed by atoms with Gasteiger partial charge in [-0.15, -0.1) is 0 Å². The summed E-state index contributed by atoms with van der Waals surface area (Å²) in [6.45, 7) is 1.27. The van der Waals surface area contributed by atoms with Gasteiger partial charge in [-0.25, -0.2) is 9.37 Å². The summed E-state index contributed by atoms with van der Waals surface area (Å²) >= 11 is 0. The number of amides is 2. The van der Waals surface area contributed by atoms with Crippen LogP contribution in [-0.4, -0.2) is 70.1 Å². The Morgan fingerprint density at radius 2 is 1.96 bits per heavy atom. The highest BCUT2D eigenvalue weighted by molar-refractivity contribution is 5.86. The van der Waals surface area contributed by atoms with E-state index in [1.165, 1.54) is 4.90 Å². The minimum Gasteiger partial charge on any atom is -0.352 e. The number of rotatable bonds is 2. The third-order valence-corrected chi connectivity index (χ3v) is 5.96. The maximum absolute atomic E-state index is 14.5. The molecular formula is C18H25FN4O3. The number of halogens is 1. The molecule has 0 radical (unpaired) electrons. The number of nitrogens with zero attached hydrogens (tertiary/aromatic N) is 4. The fourth-order valence-electron chi connectivity index (χ4n) is 4.21. The van der Waals surface area contributed by atoms with Crippen molar-refractivity contribution in [1.29, 1.82) is 0 Å². The maximum atomic E-state index is 14.5. The zero-order valence-electron chi connectivity index (χ0n) is 15.3. The number of fused-ring (bicyclic) bond motifs is 2. The first kappa shape index (κ1) is 17.5. The number of piperidine rings is 1. The Morgan fingerprint density at radius 1 is 1.27 bits per heavy atom. The minimum absolute atomic E-state index is 0.0839. The van der Waals surface area contributed by atoms with Crippen LogP contribution in [0.5, 0.6) is 0 Å². The van der Waals surface area contributed by atoms with Crippen molar-refractivity contribution in [3.05, 3.63) is 18.2 Å². The summed E-state index contributed by atoms with van der Waals surface area (Å²) < 4.78 is 22.7. The fraction of sp³-hybridized carbons (Fsp3) is 0.722. The van der Waals surface area contributed by atoms with E-state index in [1.54, 1.807) is 25.2 Å². The Morgan fingerprint density at radius 3 is 2.54 bits per heavy atom. The lowest BCUT2D eigenvalue weighted by molar-refractivity contribution is -0.184. The van der Waals surface area contributed by atoms with Crippen LogP contribution in [0.1, 0.15) is 37.9 Å². The average Bonchev–Trinajstić information content (AvgIpc) is 3.08. The third-order valence-electron chi connectivity index (χ3n) is 5.96. The lowest BCUT2D eigenvalue weighted by atomic mass is 9.80. The summed E-state index contributed by atoms with van der Waals surface area (Å²) in [4.78, 5) is 32.5. The molecule has 26 heavy (non-hydrogen) atoms. The van der Waals surface area contributed by atoms with Gasteiger partial charge in [0.1, 0.15) is 11.4 Å². The van der Waals surface area contributed by atoms with E-state index in [-0.39, 0.29) is 5.91 Å². The van der Waals surface area contributed by atoms with Crippen LogP contribution < -0.4 is 0 Å². The average molecular weight is 364 g/mol. The molecule has 4 rings (SSSR count). The molecule has 1 aromatic rings. The molecule has 7 nitrogen and oxygen atoms in total. The quantitative estimate of drug-likeness (QED) is 0.788. The summed E-state index contributed by atoms with van der Waals surface area (Å²) in [6.07, 6.45) is 5.46. The van der Waals surface area contributed by atoms with Crippen LogP contribution in [0.15, 0.2) is 12.4 Å². The van der Waals surface area contributed by atoms with Crippen LogP contribution in [0.4, 0.5) is 4.39 Å². The highest BCUT2D eigenvalue weighted by atomic mass is 19.1. The first-order valence-electron chi connectivity index (χ1n) is 9.24. The summed E-state index contributed by atoms with van der Waals surface area (Å²) in [5.41, 5.74) is -2.36. The van der Waals surface area contributed by atoms with Gasteiger partial charge in [0, 0.05) is 52.4 Å². The molecule has 8 heteroatoms. The second-order valence-electron chi connectivity index (χ2n) is 7.85. The van der Waals surface area contributed by atoms with Crippen molar-refractivity contribution in [3.63, 3.8) is 0 Å². The van der Waals surface area contributed by atoms with Crippen molar-refractivity contribution >= 4 is 11.8 Å². The number of hydrogen-bond acceptors (Lipinski definition) is 4. The first-order chi connectivity index (χ1) is 12.3. The molecule has 1 saturated heterocycles. The number of imidazole rings is 1. The number of hydrogen-bond donors (Lipinski definition) is 0. The van der Waals surface area contributed by atoms with E-state index < -0.39 is 23.3 Å². The van der Waals surface area contributed by atoms with Crippen LogP contribution in [-0.2, 0) is 26.5 Å². The van der Waals surface area contributed by atoms with Gasteiger partial charge in [-0.1, -0.05) is 0 Å². The Kier molecular flexibility index (Phi) is 4.06. The molecule has 2 amide bonds. The summed E-state index contributed by atoms with van der Waals surface area (Å²) in [5.74, 6) is 0.323. The predicted octanol–water partition coefficient (Wildman–Crippen LogP) is 1.08. The number of likely N-dealkylation sites (tertiary alicyclic amines) is 1. The van der Waals surface area contributed by atoms with Crippen molar-refractivity contribution in [3.8, 4) is 0 Å². The van der Waals surface area contributed by atoms with Crippen LogP contribution in [0.3, 0.4) is 0 Å². The van der Waals surface area contributed by atoms with Crippen molar-refractivity contribution in [2.75, 3.05) is 27.2 Å². The second-order valence-corrected chi connectivity index (χ2v) is 7.85. The Hall–Kier alpha value is -1.96.